The van der Waals surface area contributed by atoms with E-state index < -0.39 is 7.26 Å². The molecule has 0 aliphatic carbocycles. The molecule has 0 aromatic heterocycles. The van der Waals surface area contributed by atoms with Crippen LogP contribution in [0.15, 0.2) is 146 Å². The molecule has 0 N–H and O–H groups in total. The second kappa shape index (κ2) is 9.21. The summed E-state index contributed by atoms with van der Waals surface area (Å²) in [6.45, 7) is 0. The molecule has 7 rings (SSSR count). The minimum Gasteiger partial charge on any atom is -0.290 e. The van der Waals surface area contributed by atoms with Crippen LogP contribution in [0.3, 0.4) is 0 Å². The summed E-state index contributed by atoms with van der Waals surface area (Å²) in [7, 11) is -2.27. The maximum absolute atomic E-state index is 14.6. The van der Waals surface area contributed by atoms with Gasteiger partial charge in [-0.15, -0.1) is 0 Å². The van der Waals surface area contributed by atoms with Gasteiger partial charge in [-0.1, -0.05) is 109 Å². The number of benzene rings is 7. The highest BCUT2D eigenvalue weighted by Gasteiger charge is 2.47. The van der Waals surface area contributed by atoms with Crippen molar-refractivity contribution in [2.75, 3.05) is 6.16 Å². The van der Waals surface area contributed by atoms with Crippen LogP contribution in [-0.4, -0.2) is 11.9 Å². The first-order valence-electron chi connectivity index (χ1n) is 13.0. The van der Waals surface area contributed by atoms with Crippen LogP contribution in [0.1, 0.15) is 10.4 Å². The number of hydrogen-bond acceptors (Lipinski definition) is 1. The molecule has 7 aromatic carbocycles. The quantitative estimate of drug-likeness (QED) is 0.128. The zero-order valence-electron chi connectivity index (χ0n) is 20.9. The highest BCUT2D eigenvalue weighted by Crippen LogP contribution is 2.55. The van der Waals surface area contributed by atoms with E-state index in [-0.39, 0.29) is 5.78 Å². The molecule has 0 bridgehead atoms. The maximum Gasteiger partial charge on any atom is 0.201 e. The Labute approximate surface area is 223 Å². The molecule has 0 aliphatic heterocycles. The molecule has 0 unspecified atom stereocenters. The summed E-state index contributed by atoms with van der Waals surface area (Å²) in [6.07, 6.45) is 0.439. The normalized spacial score (nSPS) is 11.9. The SMILES string of the molecule is O=C(C[P+](c1ccccc1)(c1ccccc1)c1ccccc1)c1ccc2ccc3cccc4ccc1c2c34. The van der Waals surface area contributed by atoms with E-state index in [9.17, 15) is 4.79 Å². The van der Waals surface area contributed by atoms with E-state index in [1.807, 2.05) is 6.07 Å². The van der Waals surface area contributed by atoms with Crippen molar-refractivity contribution in [3.05, 3.63) is 151 Å². The molecule has 0 atom stereocenters. The van der Waals surface area contributed by atoms with Crippen LogP contribution < -0.4 is 15.9 Å². The van der Waals surface area contributed by atoms with Crippen LogP contribution in [0.4, 0.5) is 0 Å². The van der Waals surface area contributed by atoms with Gasteiger partial charge in [-0.05, 0) is 68.7 Å². The Kier molecular flexibility index (Phi) is 5.54. The lowest BCUT2D eigenvalue weighted by molar-refractivity contribution is 0.102. The Bertz CT molecular complexity index is 1780. The summed E-state index contributed by atoms with van der Waals surface area (Å²) in [4.78, 5) is 14.6. The van der Waals surface area contributed by atoms with E-state index in [2.05, 4.69) is 140 Å². The monoisotopic (exact) mass is 505 g/mol. The van der Waals surface area contributed by atoms with E-state index >= 15 is 0 Å². The zero-order valence-corrected chi connectivity index (χ0v) is 21.8. The number of hydrogen-bond donors (Lipinski definition) is 0. The van der Waals surface area contributed by atoms with Crippen LogP contribution in [-0.2, 0) is 0 Å². The van der Waals surface area contributed by atoms with E-state index in [0.717, 1.165) is 10.9 Å². The Morgan fingerprint density at radius 1 is 0.447 bits per heavy atom. The predicted molar refractivity (Wildman–Crippen MR) is 164 cm³/mol. The fraction of sp³-hybridized carbons (Fsp3) is 0.0278. The zero-order chi connectivity index (χ0) is 25.5. The van der Waals surface area contributed by atoms with Crippen LogP contribution in [0.5, 0.6) is 0 Å². The Morgan fingerprint density at radius 2 is 0.895 bits per heavy atom. The van der Waals surface area contributed by atoms with Gasteiger partial charge in [0, 0.05) is 5.56 Å². The molecule has 0 spiro atoms. The molecule has 0 amide bonds. The Hall–Kier alpha value is -4.32. The van der Waals surface area contributed by atoms with E-state index in [1.165, 1.54) is 42.8 Å². The molecular formula is C36H26OP+. The maximum atomic E-state index is 14.6. The molecule has 0 saturated heterocycles. The lowest BCUT2D eigenvalue weighted by Gasteiger charge is -2.27. The Morgan fingerprint density at radius 3 is 1.42 bits per heavy atom. The van der Waals surface area contributed by atoms with Gasteiger partial charge >= 0.3 is 0 Å². The van der Waals surface area contributed by atoms with Gasteiger partial charge in [0.25, 0.3) is 0 Å². The van der Waals surface area contributed by atoms with E-state index in [4.69, 9.17) is 0 Å². The lowest BCUT2D eigenvalue weighted by atomic mass is 9.91. The predicted octanol–water partition coefficient (Wildman–Crippen LogP) is 7.76. The highest BCUT2D eigenvalue weighted by molar-refractivity contribution is 7.96. The second-order valence-corrected chi connectivity index (χ2v) is 13.4. The standard InChI is InChI=1S/C36H26OP/c37-34(32-23-21-28-20-19-26-11-10-12-27-22-24-33(32)36(28)35(26)27)25-38(29-13-4-1-5-14-29,30-15-6-2-7-16-30)31-17-8-3-9-18-31/h1-24H,25H2/q+1. The molecule has 0 radical (unpaired) electrons. The average Bonchev–Trinajstić information content (AvgIpc) is 3.00. The number of rotatable bonds is 6. The van der Waals surface area contributed by atoms with Gasteiger partial charge in [-0.2, -0.15) is 0 Å². The molecular weight excluding hydrogens is 479 g/mol. The molecule has 0 fully saturated rings. The van der Waals surface area contributed by atoms with Gasteiger partial charge in [-0.3, -0.25) is 4.79 Å². The molecule has 0 saturated carbocycles. The van der Waals surface area contributed by atoms with Crippen molar-refractivity contribution in [3.8, 4) is 0 Å². The summed E-state index contributed by atoms with van der Waals surface area (Å²) < 4.78 is 0. The van der Waals surface area contributed by atoms with Crippen molar-refractivity contribution in [1.82, 2.24) is 0 Å². The lowest BCUT2D eigenvalue weighted by Crippen LogP contribution is -2.35. The fourth-order valence-corrected chi connectivity index (χ4v) is 10.1. The first-order valence-corrected chi connectivity index (χ1v) is 15.0. The third-order valence-electron chi connectivity index (χ3n) is 7.80. The van der Waals surface area contributed by atoms with Crippen LogP contribution in [0.25, 0.3) is 32.3 Å². The van der Waals surface area contributed by atoms with Crippen LogP contribution in [0.2, 0.25) is 0 Å². The summed E-state index contributed by atoms with van der Waals surface area (Å²) in [5.41, 5.74) is 0.808. The first kappa shape index (κ1) is 22.8. The van der Waals surface area contributed by atoms with E-state index in [0.29, 0.717) is 6.16 Å². The third-order valence-corrected chi connectivity index (χ3v) is 12.1. The van der Waals surface area contributed by atoms with Crippen molar-refractivity contribution in [1.29, 1.82) is 0 Å². The van der Waals surface area contributed by atoms with E-state index in [1.54, 1.807) is 0 Å². The molecule has 180 valence electrons. The summed E-state index contributed by atoms with van der Waals surface area (Å²) in [5, 5.41) is 10.8. The van der Waals surface area contributed by atoms with Gasteiger partial charge in [0.1, 0.15) is 29.3 Å². The van der Waals surface area contributed by atoms with Gasteiger partial charge in [0.2, 0.25) is 5.78 Å². The van der Waals surface area contributed by atoms with Crippen molar-refractivity contribution in [2.45, 2.75) is 0 Å². The van der Waals surface area contributed by atoms with Gasteiger partial charge < -0.3 is 0 Å². The molecule has 0 aliphatic rings. The first-order chi connectivity index (χ1) is 18.8. The molecule has 2 heteroatoms. The number of carbonyl (C=O) groups excluding carboxylic acids is 1. The molecule has 1 nitrogen and oxygen atoms in total. The smallest absolute Gasteiger partial charge is 0.201 e. The van der Waals surface area contributed by atoms with Gasteiger partial charge in [-0.25, -0.2) is 0 Å². The van der Waals surface area contributed by atoms with Gasteiger partial charge in [0.05, 0.1) is 0 Å². The highest BCUT2D eigenvalue weighted by atomic mass is 31.2. The summed E-state index contributed by atoms with van der Waals surface area (Å²) in [6, 6.07) is 51.2. The second-order valence-electron chi connectivity index (χ2n) is 9.87. The number of carbonyl (C=O) groups is 1. The van der Waals surface area contributed by atoms with Crippen molar-refractivity contribution >= 4 is 61.3 Å². The van der Waals surface area contributed by atoms with Gasteiger partial charge in [0.15, 0.2) is 0 Å². The summed E-state index contributed by atoms with van der Waals surface area (Å²) in [5.74, 6) is 0.188. The molecule has 7 aromatic rings. The molecule has 38 heavy (non-hydrogen) atoms. The minimum absolute atomic E-state index is 0.188. The summed E-state index contributed by atoms with van der Waals surface area (Å²) >= 11 is 0. The van der Waals surface area contributed by atoms with Crippen molar-refractivity contribution in [3.63, 3.8) is 0 Å². The van der Waals surface area contributed by atoms with Crippen LogP contribution in [0, 0.1) is 0 Å². The number of Topliss-reactive ketones (excluding diaryl/α,β-unsaturated/α-hetero) is 1. The average molecular weight is 506 g/mol. The van der Waals surface area contributed by atoms with Crippen LogP contribution >= 0.6 is 7.26 Å². The van der Waals surface area contributed by atoms with Crippen molar-refractivity contribution in [2.24, 2.45) is 0 Å². The fourth-order valence-electron chi connectivity index (χ4n) is 6.05. The third kappa shape index (κ3) is 3.55. The largest absolute Gasteiger partial charge is 0.290 e. The van der Waals surface area contributed by atoms with Crippen molar-refractivity contribution < 1.29 is 4.79 Å². The topological polar surface area (TPSA) is 17.1 Å². The minimum atomic E-state index is -2.27. The number of ketones is 1. The Balaban J connectivity index is 1.47. The molecule has 0 heterocycles.